The highest BCUT2D eigenvalue weighted by Crippen LogP contribution is 2.28. The Balaban J connectivity index is 1.97. The van der Waals surface area contributed by atoms with Gasteiger partial charge in [0.05, 0.1) is 6.42 Å². The number of rotatable bonds is 4. The maximum atomic E-state index is 11.8. The Kier molecular flexibility index (Phi) is 3.74. The van der Waals surface area contributed by atoms with E-state index in [1.165, 1.54) is 0 Å². The van der Waals surface area contributed by atoms with Crippen LogP contribution < -0.4 is 5.32 Å². The molecule has 0 aromatic heterocycles. The SMILES string of the molecule is O=C(O)CCC(=O)Nc1cccc2cc3ccccc3cc12. The van der Waals surface area contributed by atoms with Crippen LogP contribution in [-0.2, 0) is 9.59 Å². The van der Waals surface area contributed by atoms with E-state index in [-0.39, 0.29) is 18.7 Å². The maximum Gasteiger partial charge on any atom is 0.303 e. The van der Waals surface area contributed by atoms with Crippen LogP contribution in [0.5, 0.6) is 0 Å². The minimum absolute atomic E-state index is 0.0285. The molecule has 0 heterocycles. The van der Waals surface area contributed by atoms with E-state index in [0.29, 0.717) is 5.69 Å². The fourth-order valence-electron chi connectivity index (χ4n) is 2.51. The zero-order valence-corrected chi connectivity index (χ0v) is 11.9. The van der Waals surface area contributed by atoms with Gasteiger partial charge in [-0.05, 0) is 34.4 Å². The third kappa shape index (κ3) is 2.91. The first-order valence-corrected chi connectivity index (χ1v) is 7.07. The van der Waals surface area contributed by atoms with Crippen molar-refractivity contribution in [1.82, 2.24) is 0 Å². The number of hydrogen-bond acceptors (Lipinski definition) is 2. The van der Waals surface area contributed by atoms with E-state index in [4.69, 9.17) is 5.11 Å². The summed E-state index contributed by atoms with van der Waals surface area (Å²) >= 11 is 0. The van der Waals surface area contributed by atoms with E-state index in [2.05, 4.69) is 11.4 Å². The third-order valence-electron chi connectivity index (χ3n) is 3.59. The molecule has 3 aromatic carbocycles. The number of fused-ring (bicyclic) bond motifs is 2. The zero-order valence-electron chi connectivity index (χ0n) is 11.9. The summed E-state index contributed by atoms with van der Waals surface area (Å²) in [4.78, 5) is 22.4. The smallest absolute Gasteiger partial charge is 0.303 e. The summed E-state index contributed by atoms with van der Waals surface area (Å²) in [5.41, 5.74) is 0.707. The molecule has 0 saturated carbocycles. The van der Waals surface area contributed by atoms with Crippen molar-refractivity contribution >= 4 is 39.1 Å². The molecule has 4 nitrogen and oxygen atoms in total. The molecule has 1 amide bonds. The third-order valence-corrected chi connectivity index (χ3v) is 3.59. The first kappa shape index (κ1) is 14.1. The fraction of sp³-hybridized carbons (Fsp3) is 0.111. The molecular weight excluding hydrogens is 278 g/mol. The first-order chi connectivity index (χ1) is 10.6. The Hall–Kier alpha value is -2.88. The molecule has 3 rings (SSSR count). The predicted molar refractivity (Wildman–Crippen MR) is 87.0 cm³/mol. The van der Waals surface area contributed by atoms with Crippen molar-refractivity contribution in [2.24, 2.45) is 0 Å². The van der Waals surface area contributed by atoms with Crippen molar-refractivity contribution in [3.05, 3.63) is 54.6 Å². The lowest BCUT2D eigenvalue weighted by Crippen LogP contribution is -2.13. The minimum Gasteiger partial charge on any atom is -0.481 e. The lowest BCUT2D eigenvalue weighted by atomic mass is 10.0. The van der Waals surface area contributed by atoms with Crippen molar-refractivity contribution in [2.45, 2.75) is 12.8 Å². The summed E-state index contributed by atoms with van der Waals surface area (Å²) in [6, 6.07) is 17.9. The van der Waals surface area contributed by atoms with Crippen LogP contribution in [0.25, 0.3) is 21.5 Å². The largest absolute Gasteiger partial charge is 0.481 e. The standard InChI is InChI=1S/C18H15NO3/c20-17(8-9-18(21)22)19-16-7-3-6-14-10-12-4-1-2-5-13(12)11-15(14)16/h1-7,10-11H,8-9H2,(H,19,20)(H,21,22). The van der Waals surface area contributed by atoms with E-state index in [1.54, 1.807) is 0 Å². The number of carboxylic acids is 1. The highest BCUT2D eigenvalue weighted by Gasteiger charge is 2.08. The van der Waals surface area contributed by atoms with Crippen molar-refractivity contribution in [1.29, 1.82) is 0 Å². The van der Waals surface area contributed by atoms with E-state index in [9.17, 15) is 9.59 Å². The molecule has 2 N–H and O–H groups in total. The zero-order chi connectivity index (χ0) is 15.5. The van der Waals surface area contributed by atoms with Gasteiger partial charge in [-0.2, -0.15) is 0 Å². The van der Waals surface area contributed by atoms with Gasteiger partial charge in [0.25, 0.3) is 0 Å². The van der Waals surface area contributed by atoms with E-state index in [0.717, 1.165) is 21.5 Å². The van der Waals surface area contributed by atoms with Crippen LogP contribution in [-0.4, -0.2) is 17.0 Å². The molecule has 0 aliphatic heterocycles. The summed E-state index contributed by atoms with van der Waals surface area (Å²) in [6.07, 6.45) is -0.196. The molecular formula is C18H15NO3. The Morgan fingerprint density at radius 1 is 0.864 bits per heavy atom. The average molecular weight is 293 g/mol. The molecule has 4 heteroatoms. The van der Waals surface area contributed by atoms with E-state index in [1.807, 2.05) is 48.5 Å². The van der Waals surface area contributed by atoms with Gasteiger partial charge in [0.2, 0.25) is 5.91 Å². The molecule has 0 aliphatic rings. The summed E-state index contributed by atoms with van der Waals surface area (Å²) in [6.45, 7) is 0. The van der Waals surface area contributed by atoms with Gasteiger partial charge in [0.1, 0.15) is 0 Å². The number of aliphatic carboxylic acids is 1. The number of carboxylic acid groups (broad SMARTS) is 1. The number of amides is 1. The minimum atomic E-state index is -0.973. The first-order valence-electron chi connectivity index (χ1n) is 7.07. The maximum absolute atomic E-state index is 11.8. The van der Waals surface area contributed by atoms with Crippen LogP contribution in [0.2, 0.25) is 0 Å². The lowest BCUT2D eigenvalue weighted by Gasteiger charge is -2.09. The Bertz CT molecular complexity index is 870. The molecule has 22 heavy (non-hydrogen) atoms. The Morgan fingerprint density at radius 2 is 1.55 bits per heavy atom. The monoisotopic (exact) mass is 293 g/mol. The van der Waals surface area contributed by atoms with Crippen LogP contribution in [0.3, 0.4) is 0 Å². The molecule has 0 aliphatic carbocycles. The van der Waals surface area contributed by atoms with Crippen molar-refractivity contribution in [2.75, 3.05) is 5.32 Å². The van der Waals surface area contributed by atoms with Crippen LogP contribution in [0.15, 0.2) is 54.6 Å². The van der Waals surface area contributed by atoms with Gasteiger partial charge in [-0.1, -0.05) is 36.4 Å². The Labute approximate surface area is 127 Å². The van der Waals surface area contributed by atoms with Gasteiger partial charge in [-0.15, -0.1) is 0 Å². The van der Waals surface area contributed by atoms with Gasteiger partial charge < -0.3 is 10.4 Å². The van der Waals surface area contributed by atoms with Gasteiger partial charge >= 0.3 is 5.97 Å². The summed E-state index contributed by atoms with van der Waals surface area (Å²) < 4.78 is 0. The number of hydrogen-bond donors (Lipinski definition) is 2. The second-order valence-electron chi connectivity index (χ2n) is 5.17. The fourth-order valence-corrected chi connectivity index (χ4v) is 2.51. The molecule has 0 unspecified atom stereocenters. The second kappa shape index (κ2) is 5.85. The molecule has 0 saturated heterocycles. The predicted octanol–water partition coefficient (Wildman–Crippen LogP) is 3.80. The summed E-state index contributed by atoms with van der Waals surface area (Å²) in [7, 11) is 0. The molecule has 0 atom stereocenters. The van der Waals surface area contributed by atoms with E-state index < -0.39 is 5.97 Å². The van der Waals surface area contributed by atoms with Crippen molar-refractivity contribution in [3.63, 3.8) is 0 Å². The molecule has 0 spiro atoms. The van der Waals surface area contributed by atoms with E-state index >= 15 is 0 Å². The van der Waals surface area contributed by atoms with Gasteiger partial charge in [-0.25, -0.2) is 0 Å². The molecule has 0 radical (unpaired) electrons. The number of carbonyl (C=O) groups is 2. The number of nitrogens with one attached hydrogen (secondary N) is 1. The molecule has 3 aromatic rings. The average Bonchev–Trinajstić information content (AvgIpc) is 2.51. The quantitative estimate of drug-likeness (QED) is 0.719. The van der Waals surface area contributed by atoms with Crippen LogP contribution in [0, 0.1) is 0 Å². The van der Waals surface area contributed by atoms with Gasteiger partial charge in [0, 0.05) is 17.5 Å². The number of anilines is 1. The van der Waals surface area contributed by atoms with Crippen LogP contribution >= 0.6 is 0 Å². The topological polar surface area (TPSA) is 66.4 Å². The second-order valence-corrected chi connectivity index (χ2v) is 5.17. The highest BCUT2D eigenvalue weighted by molar-refractivity contribution is 6.07. The lowest BCUT2D eigenvalue weighted by molar-refractivity contribution is -0.138. The highest BCUT2D eigenvalue weighted by atomic mass is 16.4. The Morgan fingerprint density at radius 3 is 2.27 bits per heavy atom. The van der Waals surface area contributed by atoms with Crippen molar-refractivity contribution < 1.29 is 14.7 Å². The number of carbonyl (C=O) groups excluding carboxylic acids is 1. The number of benzene rings is 3. The van der Waals surface area contributed by atoms with Gasteiger partial charge in [0.15, 0.2) is 0 Å². The summed E-state index contributed by atoms with van der Waals surface area (Å²) in [5, 5.41) is 15.7. The molecule has 0 bridgehead atoms. The molecule has 110 valence electrons. The summed E-state index contributed by atoms with van der Waals surface area (Å²) in [5.74, 6) is -1.26. The normalized spacial score (nSPS) is 10.7. The van der Waals surface area contributed by atoms with Crippen LogP contribution in [0.1, 0.15) is 12.8 Å². The molecule has 0 fully saturated rings. The van der Waals surface area contributed by atoms with Gasteiger partial charge in [-0.3, -0.25) is 9.59 Å². The van der Waals surface area contributed by atoms with Crippen molar-refractivity contribution in [3.8, 4) is 0 Å². The van der Waals surface area contributed by atoms with Crippen LogP contribution in [0.4, 0.5) is 5.69 Å².